The molecule has 1 aliphatic heterocycles. The smallest absolute Gasteiger partial charge is 0.0250 e. The Hall–Kier alpha value is -0.120. The monoisotopic (exact) mass is 267 g/mol. The number of nitrogens with zero attached hydrogens (tertiary/aromatic N) is 2. The molecule has 0 radical (unpaired) electrons. The zero-order valence-corrected chi connectivity index (χ0v) is 13.4. The van der Waals surface area contributed by atoms with Crippen molar-refractivity contribution in [1.29, 1.82) is 0 Å². The summed E-state index contributed by atoms with van der Waals surface area (Å²) in [4.78, 5) is 5.39. The summed E-state index contributed by atoms with van der Waals surface area (Å²) in [7, 11) is 0. The molecule has 2 atom stereocenters. The van der Waals surface area contributed by atoms with Crippen molar-refractivity contribution in [2.45, 2.75) is 71.0 Å². The molecule has 0 amide bonds. The number of hydrogen-bond donors (Lipinski definition) is 1. The molecule has 1 saturated carbocycles. The lowest BCUT2D eigenvalue weighted by molar-refractivity contribution is 0.0236. The zero-order chi connectivity index (χ0) is 13.9. The molecule has 2 rings (SSSR count). The van der Waals surface area contributed by atoms with Gasteiger partial charge in [-0.2, -0.15) is 0 Å². The van der Waals surface area contributed by atoms with Gasteiger partial charge in [-0.1, -0.05) is 19.8 Å². The second-order valence-corrected chi connectivity index (χ2v) is 7.21. The lowest BCUT2D eigenvalue weighted by atomic mass is 9.88. The summed E-state index contributed by atoms with van der Waals surface area (Å²) in [6.45, 7) is 15.3. The molecule has 1 saturated heterocycles. The van der Waals surface area contributed by atoms with Gasteiger partial charge in [0.25, 0.3) is 0 Å². The first kappa shape index (κ1) is 15.3. The molecule has 1 aliphatic carbocycles. The first-order valence-corrected chi connectivity index (χ1v) is 8.25. The van der Waals surface area contributed by atoms with Gasteiger partial charge in [-0.15, -0.1) is 0 Å². The van der Waals surface area contributed by atoms with E-state index in [2.05, 4.69) is 42.8 Å². The highest BCUT2D eigenvalue weighted by Gasteiger charge is 2.33. The second-order valence-electron chi connectivity index (χ2n) is 7.21. The fourth-order valence-electron chi connectivity index (χ4n) is 3.77. The van der Waals surface area contributed by atoms with Gasteiger partial charge >= 0.3 is 0 Å². The van der Waals surface area contributed by atoms with Crippen LogP contribution in [0.1, 0.15) is 53.4 Å². The first-order valence-electron chi connectivity index (χ1n) is 8.25. The van der Waals surface area contributed by atoms with Crippen molar-refractivity contribution < 1.29 is 0 Å². The standard InChI is InChI=1S/C16H33N3/c1-5-17-14-8-6-7-9-15(14)18-10-12-19(13-11-18)16(2,3)4/h14-15,17H,5-13H2,1-4H3. The van der Waals surface area contributed by atoms with E-state index in [0.29, 0.717) is 5.54 Å². The van der Waals surface area contributed by atoms with Crippen molar-refractivity contribution in [2.75, 3.05) is 32.7 Å². The van der Waals surface area contributed by atoms with Gasteiger partial charge < -0.3 is 5.32 Å². The molecule has 0 bridgehead atoms. The predicted molar refractivity (Wildman–Crippen MR) is 82.6 cm³/mol. The molecule has 112 valence electrons. The third kappa shape index (κ3) is 3.93. The van der Waals surface area contributed by atoms with Gasteiger partial charge in [-0.05, 0) is 40.2 Å². The first-order chi connectivity index (χ1) is 9.02. The molecule has 0 aromatic carbocycles. The molecule has 0 aromatic heterocycles. The SMILES string of the molecule is CCNC1CCCCC1N1CCN(C(C)(C)C)CC1. The molecule has 3 heteroatoms. The van der Waals surface area contributed by atoms with E-state index in [9.17, 15) is 0 Å². The summed E-state index contributed by atoms with van der Waals surface area (Å²) >= 11 is 0. The van der Waals surface area contributed by atoms with E-state index in [0.717, 1.165) is 18.6 Å². The molecule has 1 heterocycles. The maximum atomic E-state index is 3.72. The third-order valence-corrected chi connectivity index (χ3v) is 4.93. The molecule has 3 nitrogen and oxygen atoms in total. The Balaban J connectivity index is 1.88. The molecule has 2 fully saturated rings. The van der Waals surface area contributed by atoms with Crippen LogP contribution in [-0.2, 0) is 0 Å². The van der Waals surface area contributed by atoms with E-state index < -0.39 is 0 Å². The van der Waals surface area contributed by atoms with Crippen LogP contribution < -0.4 is 5.32 Å². The Bertz CT molecular complexity index is 262. The summed E-state index contributed by atoms with van der Waals surface area (Å²) in [6.07, 6.45) is 5.60. The largest absolute Gasteiger partial charge is 0.313 e. The van der Waals surface area contributed by atoms with Crippen LogP contribution in [0.3, 0.4) is 0 Å². The summed E-state index contributed by atoms with van der Waals surface area (Å²) < 4.78 is 0. The zero-order valence-electron chi connectivity index (χ0n) is 13.4. The van der Waals surface area contributed by atoms with Crippen molar-refractivity contribution in [3.63, 3.8) is 0 Å². The molecule has 2 unspecified atom stereocenters. The van der Waals surface area contributed by atoms with E-state index in [1.165, 1.54) is 51.9 Å². The molecule has 0 spiro atoms. The van der Waals surface area contributed by atoms with Crippen LogP contribution in [0, 0.1) is 0 Å². The minimum Gasteiger partial charge on any atom is -0.313 e. The number of nitrogens with one attached hydrogen (secondary N) is 1. The van der Waals surface area contributed by atoms with Crippen molar-refractivity contribution in [2.24, 2.45) is 0 Å². The maximum absolute atomic E-state index is 3.72. The molecule has 2 aliphatic rings. The molecule has 0 aromatic rings. The number of hydrogen-bond acceptors (Lipinski definition) is 3. The molecular formula is C16H33N3. The van der Waals surface area contributed by atoms with Crippen LogP contribution in [0.25, 0.3) is 0 Å². The van der Waals surface area contributed by atoms with Crippen molar-refractivity contribution >= 4 is 0 Å². The van der Waals surface area contributed by atoms with E-state index >= 15 is 0 Å². The maximum Gasteiger partial charge on any atom is 0.0250 e. The molecule has 1 N–H and O–H groups in total. The highest BCUT2D eigenvalue weighted by molar-refractivity contribution is 4.91. The van der Waals surface area contributed by atoms with Crippen LogP contribution in [-0.4, -0.2) is 60.1 Å². The fraction of sp³-hybridized carbons (Fsp3) is 1.00. The fourth-order valence-corrected chi connectivity index (χ4v) is 3.77. The lowest BCUT2D eigenvalue weighted by Gasteiger charge is -2.47. The Kier molecular flexibility index (Phi) is 5.27. The van der Waals surface area contributed by atoms with Gasteiger partial charge in [-0.25, -0.2) is 0 Å². The predicted octanol–water partition coefficient (Wildman–Crippen LogP) is 2.32. The summed E-state index contributed by atoms with van der Waals surface area (Å²) in [5.74, 6) is 0. The van der Waals surface area contributed by atoms with E-state index in [-0.39, 0.29) is 0 Å². The number of likely N-dealkylation sites (N-methyl/N-ethyl adjacent to an activating group) is 1. The topological polar surface area (TPSA) is 18.5 Å². The van der Waals surface area contributed by atoms with E-state index in [4.69, 9.17) is 0 Å². The van der Waals surface area contributed by atoms with Crippen LogP contribution in [0.2, 0.25) is 0 Å². The normalized spacial score (nSPS) is 31.6. The minimum absolute atomic E-state index is 0.333. The van der Waals surface area contributed by atoms with Gasteiger partial charge in [0.15, 0.2) is 0 Å². The van der Waals surface area contributed by atoms with Gasteiger partial charge in [-0.3, -0.25) is 9.80 Å². The highest BCUT2D eigenvalue weighted by Crippen LogP contribution is 2.25. The second kappa shape index (κ2) is 6.55. The van der Waals surface area contributed by atoms with E-state index in [1.807, 2.05) is 0 Å². The van der Waals surface area contributed by atoms with Gasteiger partial charge in [0, 0.05) is 43.8 Å². The average molecular weight is 267 g/mol. The Morgan fingerprint density at radius 1 is 1.00 bits per heavy atom. The number of piperazine rings is 1. The quantitative estimate of drug-likeness (QED) is 0.846. The van der Waals surface area contributed by atoms with Crippen LogP contribution in [0.4, 0.5) is 0 Å². The summed E-state index contributed by atoms with van der Waals surface area (Å²) in [5, 5.41) is 3.72. The van der Waals surface area contributed by atoms with Gasteiger partial charge in [0.2, 0.25) is 0 Å². The van der Waals surface area contributed by atoms with Crippen LogP contribution in [0.5, 0.6) is 0 Å². The summed E-state index contributed by atoms with van der Waals surface area (Å²) in [6, 6.07) is 1.52. The van der Waals surface area contributed by atoms with Crippen molar-refractivity contribution in [3.8, 4) is 0 Å². The number of rotatable bonds is 3. The van der Waals surface area contributed by atoms with Gasteiger partial charge in [0.1, 0.15) is 0 Å². The van der Waals surface area contributed by atoms with E-state index in [1.54, 1.807) is 0 Å². The lowest BCUT2D eigenvalue weighted by Crippen LogP contribution is -2.60. The van der Waals surface area contributed by atoms with Gasteiger partial charge in [0.05, 0.1) is 0 Å². The summed E-state index contributed by atoms with van der Waals surface area (Å²) in [5.41, 5.74) is 0.333. The Labute approximate surface area is 119 Å². The Morgan fingerprint density at radius 3 is 2.21 bits per heavy atom. The van der Waals surface area contributed by atoms with Crippen LogP contribution >= 0.6 is 0 Å². The minimum atomic E-state index is 0.333. The van der Waals surface area contributed by atoms with Crippen molar-refractivity contribution in [1.82, 2.24) is 15.1 Å². The highest BCUT2D eigenvalue weighted by atomic mass is 15.3. The Morgan fingerprint density at radius 2 is 1.63 bits per heavy atom. The third-order valence-electron chi connectivity index (χ3n) is 4.93. The van der Waals surface area contributed by atoms with Crippen molar-refractivity contribution in [3.05, 3.63) is 0 Å². The molecular weight excluding hydrogens is 234 g/mol. The van der Waals surface area contributed by atoms with Crippen LogP contribution in [0.15, 0.2) is 0 Å². The molecule has 19 heavy (non-hydrogen) atoms. The average Bonchev–Trinajstić information content (AvgIpc) is 2.39.